The molecule has 29 heavy (non-hydrogen) atoms. The average molecular weight is 409 g/mol. The van der Waals surface area contributed by atoms with Crippen molar-refractivity contribution in [1.82, 2.24) is 9.88 Å². The fourth-order valence-corrected chi connectivity index (χ4v) is 4.66. The van der Waals surface area contributed by atoms with Crippen molar-refractivity contribution in [3.05, 3.63) is 64.7 Å². The zero-order valence-corrected chi connectivity index (χ0v) is 17.7. The molecule has 1 aromatic heterocycles. The molecule has 2 heterocycles. The van der Waals surface area contributed by atoms with Crippen LogP contribution in [0.5, 0.6) is 11.5 Å². The molecule has 0 unspecified atom stereocenters. The fourth-order valence-electron chi connectivity index (χ4n) is 3.84. The van der Waals surface area contributed by atoms with Crippen LogP contribution in [-0.2, 0) is 0 Å². The lowest BCUT2D eigenvalue weighted by atomic mass is 10.0. The van der Waals surface area contributed by atoms with Crippen molar-refractivity contribution >= 4 is 17.2 Å². The minimum Gasteiger partial charge on any atom is -0.493 e. The zero-order chi connectivity index (χ0) is 20.4. The molecule has 0 radical (unpaired) electrons. The topological polar surface area (TPSA) is 51.7 Å². The van der Waals surface area contributed by atoms with E-state index in [-0.39, 0.29) is 11.9 Å². The van der Waals surface area contributed by atoms with Crippen molar-refractivity contribution in [3.63, 3.8) is 0 Å². The van der Waals surface area contributed by atoms with Crippen molar-refractivity contribution in [1.29, 1.82) is 0 Å². The van der Waals surface area contributed by atoms with Gasteiger partial charge in [0.1, 0.15) is 10.7 Å². The number of para-hydroxylation sites is 1. The molecule has 6 heteroatoms. The second kappa shape index (κ2) is 8.25. The number of aromatic nitrogens is 1. The van der Waals surface area contributed by atoms with Gasteiger partial charge in [-0.2, -0.15) is 0 Å². The van der Waals surface area contributed by atoms with Crippen LogP contribution in [0.1, 0.15) is 40.5 Å². The molecule has 1 amide bonds. The van der Waals surface area contributed by atoms with E-state index >= 15 is 0 Å². The van der Waals surface area contributed by atoms with Gasteiger partial charge in [-0.05, 0) is 37.5 Å². The summed E-state index contributed by atoms with van der Waals surface area (Å²) in [5.74, 6) is 1.26. The van der Waals surface area contributed by atoms with E-state index in [4.69, 9.17) is 9.47 Å². The van der Waals surface area contributed by atoms with Gasteiger partial charge in [-0.25, -0.2) is 4.98 Å². The molecule has 1 aliphatic rings. The summed E-state index contributed by atoms with van der Waals surface area (Å²) in [6, 6.07) is 14.2. The second-order valence-corrected chi connectivity index (χ2v) is 8.00. The van der Waals surface area contributed by atoms with Crippen LogP contribution >= 0.6 is 11.3 Å². The number of carbonyl (C=O) groups is 1. The minimum atomic E-state index is -0.0163. The third-order valence-corrected chi connectivity index (χ3v) is 6.21. The molecule has 2 aromatic carbocycles. The van der Waals surface area contributed by atoms with Gasteiger partial charge in [0.05, 0.1) is 25.8 Å². The summed E-state index contributed by atoms with van der Waals surface area (Å²) in [6.45, 7) is 2.83. The average Bonchev–Trinajstić information content (AvgIpc) is 3.43. The summed E-state index contributed by atoms with van der Waals surface area (Å²) < 4.78 is 10.9. The third kappa shape index (κ3) is 3.72. The van der Waals surface area contributed by atoms with E-state index in [0.29, 0.717) is 17.2 Å². The van der Waals surface area contributed by atoms with Crippen LogP contribution in [0.4, 0.5) is 0 Å². The van der Waals surface area contributed by atoms with Gasteiger partial charge in [0.25, 0.3) is 5.91 Å². The summed E-state index contributed by atoms with van der Waals surface area (Å²) >= 11 is 1.44. The maximum Gasteiger partial charge on any atom is 0.273 e. The third-order valence-electron chi connectivity index (χ3n) is 5.33. The van der Waals surface area contributed by atoms with E-state index in [2.05, 4.69) is 36.2 Å². The fraction of sp³-hybridized carbons (Fsp3) is 0.304. The number of rotatable bonds is 5. The highest BCUT2D eigenvalue weighted by atomic mass is 32.1. The highest BCUT2D eigenvalue weighted by molar-refractivity contribution is 7.13. The molecule has 4 rings (SSSR count). The van der Waals surface area contributed by atoms with Gasteiger partial charge in [0.15, 0.2) is 11.5 Å². The van der Waals surface area contributed by atoms with Gasteiger partial charge < -0.3 is 14.4 Å². The summed E-state index contributed by atoms with van der Waals surface area (Å²) in [6.07, 6.45) is 1.99. The lowest BCUT2D eigenvalue weighted by Crippen LogP contribution is -2.30. The first-order chi connectivity index (χ1) is 14.1. The maximum absolute atomic E-state index is 13.2. The Morgan fingerprint density at radius 3 is 2.66 bits per heavy atom. The molecule has 3 aromatic rings. The Balaban J connectivity index is 1.61. The lowest BCUT2D eigenvalue weighted by Gasteiger charge is -2.24. The van der Waals surface area contributed by atoms with Crippen LogP contribution in [0.15, 0.2) is 47.8 Å². The molecular formula is C23H24N2O3S. The predicted octanol–water partition coefficient (Wildman–Crippen LogP) is 5.11. The van der Waals surface area contributed by atoms with E-state index < -0.39 is 0 Å². The Labute approximate surface area is 174 Å². The van der Waals surface area contributed by atoms with Gasteiger partial charge in [0, 0.05) is 11.9 Å². The number of likely N-dealkylation sites (tertiary alicyclic amines) is 1. The summed E-state index contributed by atoms with van der Waals surface area (Å²) in [4.78, 5) is 19.8. The van der Waals surface area contributed by atoms with Crippen molar-refractivity contribution in [3.8, 4) is 22.1 Å². The van der Waals surface area contributed by atoms with Crippen molar-refractivity contribution in [2.75, 3.05) is 20.8 Å². The highest BCUT2D eigenvalue weighted by Crippen LogP contribution is 2.40. The quantitative estimate of drug-likeness (QED) is 0.588. The Kier molecular flexibility index (Phi) is 5.53. The van der Waals surface area contributed by atoms with Crippen LogP contribution < -0.4 is 9.47 Å². The first-order valence-corrected chi connectivity index (χ1v) is 10.5. The van der Waals surface area contributed by atoms with Crippen LogP contribution in [-0.4, -0.2) is 36.6 Å². The van der Waals surface area contributed by atoms with E-state index in [1.807, 2.05) is 28.5 Å². The summed E-state index contributed by atoms with van der Waals surface area (Å²) in [7, 11) is 3.22. The van der Waals surface area contributed by atoms with Crippen LogP contribution in [0.2, 0.25) is 0 Å². The van der Waals surface area contributed by atoms with Gasteiger partial charge >= 0.3 is 0 Å². The molecule has 1 atom stereocenters. The Bertz CT molecular complexity index is 1010. The number of aryl methyl sites for hydroxylation is 1. The molecule has 0 spiro atoms. The molecule has 1 aliphatic heterocycles. The van der Waals surface area contributed by atoms with Gasteiger partial charge in [-0.3, -0.25) is 4.79 Å². The molecule has 5 nitrogen and oxygen atoms in total. The molecular weight excluding hydrogens is 384 g/mol. The first-order valence-electron chi connectivity index (χ1n) is 9.66. The Morgan fingerprint density at radius 1 is 1.14 bits per heavy atom. The number of hydrogen-bond donors (Lipinski definition) is 0. The number of thiazole rings is 1. The standard InChI is InChI=1S/C23H24N2O3S/c1-15-9-11-16(12-10-15)19-7-5-13-25(19)23(26)18-14-29-22(24-18)17-6-4-8-20(27-2)21(17)28-3/h4,6,8-12,14,19H,5,7,13H2,1-3H3/t19-/m0/s1. The van der Waals surface area contributed by atoms with Crippen LogP contribution in [0.25, 0.3) is 10.6 Å². The van der Waals surface area contributed by atoms with E-state index in [1.54, 1.807) is 14.2 Å². The van der Waals surface area contributed by atoms with Gasteiger partial charge in [-0.1, -0.05) is 35.9 Å². The number of methoxy groups -OCH3 is 2. The van der Waals surface area contributed by atoms with Crippen molar-refractivity contribution < 1.29 is 14.3 Å². The van der Waals surface area contributed by atoms with E-state index in [1.165, 1.54) is 22.5 Å². The van der Waals surface area contributed by atoms with Crippen molar-refractivity contribution in [2.45, 2.75) is 25.8 Å². The number of carbonyl (C=O) groups excluding carboxylic acids is 1. The normalized spacial score (nSPS) is 16.1. The number of benzene rings is 2. The van der Waals surface area contributed by atoms with Crippen LogP contribution in [0.3, 0.4) is 0 Å². The Morgan fingerprint density at radius 2 is 1.93 bits per heavy atom. The SMILES string of the molecule is COc1cccc(-c2nc(C(=O)N3CCC[C@H]3c3ccc(C)cc3)cs2)c1OC. The number of nitrogens with zero attached hydrogens (tertiary/aromatic N) is 2. The first kappa shape index (κ1) is 19.5. The number of amides is 1. The molecule has 0 N–H and O–H groups in total. The second-order valence-electron chi connectivity index (χ2n) is 7.15. The highest BCUT2D eigenvalue weighted by Gasteiger charge is 2.32. The van der Waals surface area contributed by atoms with E-state index in [9.17, 15) is 4.79 Å². The monoisotopic (exact) mass is 408 g/mol. The molecule has 150 valence electrons. The zero-order valence-electron chi connectivity index (χ0n) is 16.8. The maximum atomic E-state index is 13.2. The summed E-state index contributed by atoms with van der Waals surface area (Å²) in [5.41, 5.74) is 3.72. The number of hydrogen-bond acceptors (Lipinski definition) is 5. The van der Waals surface area contributed by atoms with E-state index in [0.717, 1.165) is 30.0 Å². The van der Waals surface area contributed by atoms with Crippen molar-refractivity contribution in [2.24, 2.45) is 0 Å². The van der Waals surface area contributed by atoms with Gasteiger partial charge in [0.2, 0.25) is 0 Å². The molecule has 0 saturated carbocycles. The van der Waals surface area contributed by atoms with Gasteiger partial charge in [-0.15, -0.1) is 11.3 Å². The molecule has 1 fully saturated rings. The minimum absolute atomic E-state index is 0.0163. The van der Waals surface area contributed by atoms with Crippen LogP contribution in [0, 0.1) is 6.92 Å². The Hall–Kier alpha value is -2.86. The largest absolute Gasteiger partial charge is 0.493 e. The summed E-state index contributed by atoms with van der Waals surface area (Å²) in [5, 5.41) is 2.58. The predicted molar refractivity (Wildman–Crippen MR) is 115 cm³/mol. The lowest BCUT2D eigenvalue weighted by molar-refractivity contribution is 0.0730. The smallest absolute Gasteiger partial charge is 0.273 e. The number of ether oxygens (including phenoxy) is 2. The molecule has 1 saturated heterocycles. The molecule has 0 aliphatic carbocycles. The molecule has 0 bridgehead atoms.